The third-order valence-electron chi connectivity index (χ3n) is 4.89. The molecule has 23 heavy (non-hydrogen) atoms. The van der Waals surface area contributed by atoms with Gasteiger partial charge in [0.05, 0.1) is 5.92 Å². The number of hydrogen-bond donors (Lipinski definition) is 1. The first-order valence-corrected chi connectivity index (χ1v) is 8.35. The zero-order chi connectivity index (χ0) is 17.0. The third kappa shape index (κ3) is 4.68. The summed E-state index contributed by atoms with van der Waals surface area (Å²) in [4.78, 5) is 12.6. The summed E-state index contributed by atoms with van der Waals surface area (Å²) in [6.45, 7) is 10.4. The van der Waals surface area contributed by atoms with Crippen LogP contribution < -0.4 is 0 Å². The van der Waals surface area contributed by atoms with Crippen LogP contribution in [0.4, 0.5) is 0 Å². The van der Waals surface area contributed by atoms with Crippen LogP contribution in [0.25, 0.3) is 0 Å². The van der Waals surface area contributed by atoms with Crippen LogP contribution in [0.1, 0.15) is 51.7 Å². The molecule has 3 heteroatoms. The van der Waals surface area contributed by atoms with Crippen molar-refractivity contribution in [2.75, 3.05) is 6.61 Å². The monoisotopic (exact) mass is 316 g/mol. The molecule has 3 nitrogen and oxygen atoms in total. The molecule has 1 fully saturated rings. The van der Waals surface area contributed by atoms with Crippen molar-refractivity contribution in [3.05, 3.63) is 48.0 Å². The number of carbonyl (C=O) groups excluding carboxylic acids is 1. The summed E-state index contributed by atoms with van der Waals surface area (Å²) in [7, 11) is 0. The minimum atomic E-state index is -0.778. The number of carbonyl (C=O) groups is 1. The van der Waals surface area contributed by atoms with E-state index >= 15 is 0 Å². The summed E-state index contributed by atoms with van der Waals surface area (Å²) in [5, 5.41) is 10.2. The lowest BCUT2D eigenvalue weighted by molar-refractivity contribution is -0.156. The highest BCUT2D eigenvalue weighted by Crippen LogP contribution is 2.44. The van der Waals surface area contributed by atoms with Crippen molar-refractivity contribution in [2.45, 2.75) is 46.1 Å². The quantitative estimate of drug-likeness (QED) is 0.651. The topological polar surface area (TPSA) is 46.5 Å². The van der Waals surface area contributed by atoms with Crippen LogP contribution in [0.2, 0.25) is 0 Å². The molecule has 0 radical (unpaired) electrons. The van der Waals surface area contributed by atoms with Crippen LogP contribution in [-0.2, 0) is 9.53 Å². The Morgan fingerprint density at radius 2 is 2.00 bits per heavy atom. The number of allylic oxidation sites excluding steroid dienone is 1. The van der Waals surface area contributed by atoms with Gasteiger partial charge in [-0.15, -0.1) is 0 Å². The van der Waals surface area contributed by atoms with Crippen LogP contribution in [-0.4, -0.2) is 17.7 Å². The second-order valence-corrected chi connectivity index (χ2v) is 7.52. The second kappa shape index (κ2) is 7.31. The minimum absolute atomic E-state index is 0.00266. The minimum Gasteiger partial charge on any atom is -0.462 e. The molecule has 1 aromatic carbocycles. The SMILES string of the molecule is C=C(C)[C@H]1CCC(C)(C)CC1C(=O)OCC(O)c1ccccc1. The van der Waals surface area contributed by atoms with Gasteiger partial charge in [0.1, 0.15) is 12.7 Å². The fraction of sp³-hybridized carbons (Fsp3) is 0.550. The van der Waals surface area contributed by atoms with Crippen LogP contribution in [0.15, 0.2) is 42.5 Å². The molecule has 0 aromatic heterocycles. The van der Waals surface area contributed by atoms with Gasteiger partial charge in [-0.25, -0.2) is 0 Å². The van der Waals surface area contributed by atoms with E-state index in [2.05, 4.69) is 20.4 Å². The van der Waals surface area contributed by atoms with Crippen molar-refractivity contribution in [1.82, 2.24) is 0 Å². The number of esters is 1. The average molecular weight is 316 g/mol. The van der Waals surface area contributed by atoms with Gasteiger partial charge in [-0.2, -0.15) is 0 Å². The van der Waals surface area contributed by atoms with E-state index in [9.17, 15) is 9.90 Å². The molecule has 3 atom stereocenters. The largest absolute Gasteiger partial charge is 0.462 e. The van der Waals surface area contributed by atoms with Gasteiger partial charge in [-0.05, 0) is 43.1 Å². The first kappa shape index (κ1) is 17.7. The summed E-state index contributed by atoms with van der Waals surface area (Å²) in [6, 6.07) is 9.28. The van der Waals surface area contributed by atoms with E-state index in [-0.39, 0.29) is 29.8 Å². The van der Waals surface area contributed by atoms with Gasteiger partial charge in [0.25, 0.3) is 0 Å². The Morgan fingerprint density at radius 1 is 1.35 bits per heavy atom. The van der Waals surface area contributed by atoms with Gasteiger partial charge < -0.3 is 9.84 Å². The molecule has 2 rings (SSSR count). The Bertz CT molecular complexity index is 547. The van der Waals surface area contributed by atoms with E-state index in [0.717, 1.165) is 30.4 Å². The highest BCUT2D eigenvalue weighted by Gasteiger charge is 2.40. The van der Waals surface area contributed by atoms with Gasteiger partial charge in [0, 0.05) is 0 Å². The summed E-state index contributed by atoms with van der Waals surface area (Å²) in [6.07, 6.45) is 2.11. The van der Waals surface area contributed by atoms with Crippen LogP contribution >= 0.6 is 0 Å². The van der Waals surface area contributed by atoms with Gasteiger partial charge in [-0.3, -0.25) is 4.79 Å². The molecule has 0 saturated heterocycles. The fourth-order valence-corrected chi connectivity index (χ4v) is 3.46. The fourth-order valence-electron chi connectivity index (χ4n) is 3.46. The third-order valence-corrected chi connectivity index (χ3v) is 4.89. The molecule has 1 saturated carbocycles. The Labute approximate surface area is 139 Å². The molecule has 1 aromatic rings. The molecular weight excluding hydrogens is 288 g/mol. The van der Waals surface area contributed by atoms with Crippen molar-refractivity contribution < 1.29 is 14.6 Å². The molecule has 0 aliphatic heterocycles. The lowest BCUT2D eigenvalue weighted by Gasteiger charge is -2.39. The Hall–Kier alpha value is -1.61. The predicted molar refractivity (Wildman–Crippen MR) is 91.8 cm³/mol. The highest BCUT2D eigenvalue weighted by molar-refractivity contribution is 5.73. The lowest BCUT2D eigenvalue weighted by Crippen LogP contribution is -2.36. The maximum absolute atomic E-state index is 12.6. The average Bonchev–Trinajstić information content (AvgIpc) is 2.51. The van der Waals surface area contributed by atoms with E-state index in [0.29, 0.717) is 0 Å². The normalized spacial score (nSPS) is 24.7. The number of aliphatic hydroxyl groups is 1. The first-order chi connectivity index (χ1) is 10.8. The molecule has 1 aliphatic carbocycles. The van der Waals surface area contributed by atoms with Crippen molar-refractivity contribution in [3.8, 4) is 0 Å². The molecule has 126 valence electrons. The second-order valence-electron chi connectivity index (χ2n) is 7.52. The highest BCUT2D eigenvalue weighted by atomic mass is 16.5. The maximum atomic E-state index is 12.6. The summed E-state index contributed by atoms with van der Waals surface area (Å²) in [5.41, 5.74) is 1.96. The summed E-state index contributed by atoms with van der Waals surface area (Å²) in [5.74, 6) is -0.177. The van der Waals surface area contributed by atoms with E-state index in [1.54, 1.807) is 0 Å². The Balaban J connectivity index is 1.98. The Kier molecular flexibility index (Phi) is 5.64. The van der Waals surface area contributed by atoms with Crippen molar-refractivity contribution in [1.29, 1.82) is 0 Å². The zero-order valence-corrected chi connectivity index (χ0v) is 14.4. The van der Waals surface area contributed by atoms with E-state index in [1.807, 2.05) is 37.3 Å². The molecule has 0 heterocycles. The van der Waals surface area contributed by atoms with Crippen molar-refractivity contribution in [2.24, 2.45) is 17.3 Å². The van der Waals surface area contributed by atoms with E-state index in [4.69, 9.17) is 4.74 Å². The van der Waals surface area contributed by atoms with Crippen LogP contribution in [0, 0.1) is 17.3 Å². The number of aliphatic hydroxyl groups excluding tert-OH is 1. The molecule has 1 N–H and O–H groups in total. The predicted octanol–water partition coefficient (Wildman–Crippen LogP) is 4.28. The summed E-state index contributed by atoms with van der Waals surface area (Å²) >= 11 is 0. The standard InChI is InChI=1S/C20H28O3/c1-14(2)16-10-11-20(3,4)12-17(16)19(22)23-13-18(21)15-8-6-5-7-9-15/h5-9,16-18,21H,1,10-13H2,2-4H3/t16-,17?,18?/m1/s1. The molecule has 0 amide bonds. The van der Waals surface area contributed by atoms with E-state index < -0.39 is 6.10 Å². The lowest BCUT2D eigenvalue weighted by atomic mass is 9.65. The van der Waals surface area contributed by atoms with Crippen LogP contribution in [0.5, 0.6) is 0 Å². The Morgan fingerprint density at radius 3 is 2.61 bits per heavy atom. The maximum Gasteiger partial charge on any atom is 0.309 e. The molecule has 0 spiro atoms. The number of ether oxygens (including phenoxy) is 1. The van der Waals surface area contributed by atoms with Crippen molar-refractivity contribution >= 4 is 5.97 Å². The number of benzene rings is 1. The van der Waals surface area contributed by atoms with Gasteiger partial charge in [0.15, 0.2) is 0 Å². The van der Waals surface area contributed by atoms with Gasteiger partial charge in [-0.1, -0.05) is 56.3 Å². The number of hydrogen-bond acceptors (Lipinski definition) is 3. The van der Waals surface area contributed by atoms with Crippen molar-refractivity contribution in [3.63, 3.8) is 0 Å². The molecule has 0 bridgehead atoms. The number of rotatable bonds is 5. The first-order valence-electron chi connectivity index (χ1n) is 8.35. The molecule has 2 unspecified atom stereocenters. The smallest absolute Gasteiger partial charge is 0.309 e. The van der Waals surface area contributed by atoms with E-state index in [1.165, 1.54) is 0 Å². The van der Waals surface area contributed by atoms with Gasteiger partial charge in [0.2, 0.25) is 0 Å². The zero-order valence-electron chi connectivity index (χ0n) is 14.4. The van der Waals surface area contributed by atoms with Crippen LogP contribution in [0.3, 0.4) is 0 Å². The molecule has 1 aliphatic rings. The summed E-state index contributed by atoms with van der Waals surface area (Å²) < 4.78 is 5.44. The molecular formula is C20H28O3. The van der Waals surface area contributed by atoms with Gasteiger partial charge >= 0.3 is 5.97 Å².